The number of hydrogen-bond acceptors (Lipinski definition) is 7. The normalized spacial score (nSPS) is 11.4. The summed E-state index contributed by atoms with van der Waals surface area (Å²) in [6, 6.07) is 5.03. The van der Waals surface area contributed by atoms with E-state index in [4.69, 9.17) is 4.74 Å². The van der Waals surface area contributed by atoms with Crippen molar-refractivity contribution < 1.29 is 9.84 Å². The number of aromatic hydroxyl groups is 1. The van der Waals surface area contributed by atoms with Gasteiger partial charge in [0.25, 0.3) is 5.56 Å². The second-order valence-corrected chi connectivity index (χ2v) is 5.85. The van der Waals surface area contributed by atoms with Crippen LogP contribution in [0.1, 0.15) is 18.9 Å². The lowest BCUT2D eigenvalue weighted by molar-refractivity contribution is 0.373. The van der Waals surface area contributed by atoms with Crippen LogP contribution in [0.3, 0.4) is 0 Å². The lowest BCUT2D eigenvalue weighted by atomic mass is 10.2. The SMILES string of the molecule is CCCn1c(NN=Cc2cccc(OC)c2O)nc2c1c(=O)[nH]c(=O)n2C. The fourth-order valence-electron chi connectivity index (χ4n) is 2.73. The van der Waals surface area contributed by atoms with E-state index in [1.165, 1.54) is 24.9 Å². The number of para-hydroxylation sites is 1. The Morgan fingerprint density at radius 3 is 2.89 bits per heavy atom. The number of fused-ring (bicyclic) bond motifs is 1. The smallest absolute Gasteiger partial charge is 0.329 e. The molecule has 142 valence electrons. The standard InChI is InChI=1S/C17H20N6O4/c1-4-8-23-12-14(22(2)17(26)20-15(12)25)19-16(23)21-18-9-10-6-5-7-11(27-3)13(10)24/h5-7,9,24H,4,8H2,1-3H3,(H,19,21)(H,20,25,26). The molecule has 0 spiro atoms. The molecule has 0 amide bonds. The molecule has 0 aliphatic rings. The van der Waals surface area contributed by atoms with Gasteiger partial charge in [-0.25, -0.2) is 10.2 Å². The van der Waals surface area contributed by atoms with Crippen LogP contribution in [-0.2, 0) is 13.6 Å². The largest absolute Gasteiger partial charge is 0.504 e. The van der Waals surface area contributed by atoms with E-state index in [2.05, 4.69) is 20.5 Å². The number of rotatable bonds is 6. The summed E-state index contributed by atoms with van der Waals surface area (Å²) in [6.45, 7) is 2.48. The van der Waals surface area contributed by atoms with Crippen LogP contribution in [-0.4, -0.2) is 37.5 Å². The molecular weight excluding hydrogens is 352 g/mol. The van der Waals surface area contributed by atoms with Crippen LogP contribution < -0.4 is 21.4 Å². The van der Waals surface area contributed by atoms with Gasteiger partial charge in [0, 0.05) is 19.2 Å². The maximum absolute atomic E-state index is 12.2. The van der Waals surface area contributed by atoms with E-state index in [1.807, 2.05) is 6.92 Å². The quantitative estimate of drug-likeness (QED) is 0.438. The van der Waals surface area contributed by atoms with Crippen molar-refractivity contribution in [3.63, 3.8) is 0 Å². The van der Waals surface area contributed by atoms with Gasteiger partial charge in [0.2, 0.25) is 5.95 Å². The van der Waals surface area contributed by atoms with E-state index in [-0.39, 0.29) is 11.4 Å². The van der Waals surface area contributed by atoms with Crippen LogP contribution >= 0.6 is 0 Å². The summed E-state index contributed by atoms with van der Waals surface area (Å²) in [7, 11) is 2.99. The van der Waals surface area contributed by atoms with Gasteiger partial charge in [-0.05, 0) is 18.6 Å². The van der Waals surface area contributed by atoms with Crippen molar-refractivity contribution in [1.29, 1.82) is 0 Å². The number of H-pyrrole nitrogens is 1. The molecule has 0 aliphatic carbocycles. The van der Waals surface area contributed by atoms with Crippen molar-refractivity contribution in [2.45, 2.75) is 19.9 Å². The fraction of sp³-hybridized carbons (Fsp3) is 0.294. The molecule has 2 aromatic heterocycles. The number of ether oxygens (including phenoxy) is 1. The zero-order valence-corrected chi connectivity index (χ0v) is 15.2. The summed E-state index contributed by atoms with van der Waals surface area (Å²) in [6.07, 6.45) is 2.17. The van der Waals surface area contributed by atoms with Gasteiger partial charge < -0.3 is 14.4 Å². The molecule has 0 radical (unpaired) electrons. The highest BCUT2D eigenvalue weighted by molar-refractivity contribution is 5.85. The van der Waals surface area contributed by atoms with Gasteiger partial charge in [-0.15, -0.1) is 0 Å². The van der Waals surface area contributed by atoms with Crippen LogP contribution in [0.5, 0.6) is 11.5 Å². The number of anilines is 1. The van der Waals surface area contributed by atoms with E-state index in [0.717, 1.165) is 6.42 Å². The van der Waals surface area contributed by atoms with Crippen LogP contribution in [0.4, 0.5) is 5.95 Å². The van der Waals surface area contributed by atoms with Crippen molar-refractivity contribution in [2.75, 3.05) is 12.5 Å². The van der Waals surface area contributed by atoms with Crippen molar-refractivity contribution in [3.05, 3.63) is 44.6 Å². The maximum Gasteiger partial charge on any atom is 0.329 e. The summed E-state index contributed by atoms with van der Waals surface area (Å²) >= 11 is 0. The molecule has 1 aromatic carbocycles. The predicted octanol–water partition coefficient (Wildman–Crippen LogP) is 0.993. The Morgan fingerprint density at radius 1 is 1.41 bits per heavy atom. The summed E-state index contributed by atoms with van der Waals surface area (Å²) < 4.78 is 7.99. The molecule has 3 aromatic rings. The first-order chi connectivity index (χ1) is 13.0. The molecule has 27 heavy (non-hydrogen) atoms. The fourth-order valence-corrected chi connectivity index (χ4v) is 2.73. The second kappa shape index (κ2) is 7.36. The highest BCUT2D eigenvalue weighted by atomic mass is 16.5. The lowest BCUT2D eigenvalue weighted by Crippen LogP contribution is -2.29. The molecule has 3 rings (SSSR count). The topological polar surface area (TPSA) is 127 Å². The average Bonchev–Trinajstić information content (AvgIpc) is 3.01. The number of phenols is 1. The maximum atomic E-state index is 12.2. The summed E-state index contributed by atoms with van der Waals surface area (Å²) in [5, 5.41) is 14.2. The van der Waals surface area contributed by atoms with Gasteiger partial charge in [-0.3, -0.25) is 14.3 Å². The number of hydrogen-bond donors (Lipinski definition) is 3. The number of phenolic OH excluding ortho intramolecular Hbond substituents is 1. The van der Waals surface area contributed by atoms with Gasteiger partial charge >= 0.3 is 5.69 Å². The Hall–Kier alpha value is -3.56. The Balaban J connectivity index is 2.01. The number of nitrogens with zero attached hydrogens (tertiary/aromatic N) is 4. The van der Waals surface area contributed by atoms with Gasteiger partial charge in [-0.2, -0.15) is 10.1 Å². The first kappa shape index (κ1) is 18.2. The first-order valence-electron chi connectivity index (χ1n) is 8.32. The molecule has 2 heterocycles. The number of imidazole rings is 1. The molecule has 0 atom stereocenters. The number of benzene rings is 1. The third-order valence-electron chi connectivity index (χ3n) is 4.07. The monoisotopic (exact) mass is 372 g/mol. The number of methoxy groups -OCH3 is 1. The Labute approximate surface area is 153 Å². The van der Waals surface area contributed by atoms with E-state index < -0.39 is 11.2 Å². The minimum Gasteiger partial charge on any atom is -0.504 e. The number of hydrazone groups is 1. The van der Waals surface area contributed by atoms with Crippen molar-refractivity contribution in [3.8, 4) is 11.5 Å². The van der Waals surface area contributed by atoms with Gasteiger partial charge in [0.05, 0.1) is 13.3 Å². The number of nitrogens with one attached hydrogen (secondary N) is 2. The summed E-state index contributed by atoms with van der Waals surface area (Å²) in [4.78, 5) is 30.6. The number of aromatic amines is 1. The lowest BCUT2D eigenvalue weighted by Gasteiger charge is -2.07. The molecule has 10 heteroatoms. The van der Waals surface area contributed by atoms with Crippen LogP contribution in [0.2, 0.25) is 0 Å². The molecule has 10 nitrogen and oxygen atoms in total. The Bertz CT molecular complexity index is 1120. The molecule has 0 fully saturated rings. The predicted molar refractivity (Wildman–Crippen MR) is 102 cm³/mol. The first-order valence-corrected chi connectivity index (χ1v) is 8.32. The van der Waals surface area contributed by atoms with E-state index in [0.29, 0.717) is 29.3 Å². The average molecular weight is 372 g/mol. The molecule has 0 aliphatic heterocycles. The highest BCUT2D eigenvalue weighted by Crippen LogP contribution is 2.28. The Kier molecular flexibility index (Phi) is 4.97. The van der Waals surface area contributed by atoms with E-state index in [9.17, 15) is 14.7 Å². The van der Waals surface area contributed by atoms with Crippen molar-refractivity contribution in [2.24, 2.45) is 12.1 Å². The number of aryl methyl sites for hydroxylation is 2. The third kappa shape index (κ3) is 3.28. The highest BCUT2D eigenvalue weighted by Gasteiger charge is 2.16. The van der Waals surface area contributed by atoms with Crippen LogP contribution in [0.25, 0.3) is 11.2 Å². The zero-order chi connectivity index (χ0) is 19.6. The Morgan fingerprint density at radius 2 is 2.19 bits per heavy atom. The van der Waals surface area contributed by atoms with Gasteiger partial charge in [0.15, 0.2) is 22.7 Å². The third-order valence-corrected chi connectivity index (χ3v) is 4.07. The number of aromatic nitrogens is 4. The molecule has 0 saturated carbocycles. The van der Waals surface area contributed by atoms with Crippen molar-refractivity contribution in [1.82, 2.24) is 19.1 Å². The minimum absolute atomic E-state index is 0.0357. The molecular formula is C17H20N6O4. The summed E-state index contributed by atoms with van der Waals surface area (Å²) in [5.74, 6) is 0.613. The molecule has 0 saturated heterocycles. The van der Waals surface area contributed by atoms with Crippen LogP contribution in [0.15, 0.2) is 32.9 Å². The van der Waals surface area contributed by atoms with Gasteiger partial charge in [0.1, 0.15) is 0 Å². The molecule has 0 unspecified atom stereocenters. The van der Waals surface area contributed by atoms with E-state index in [1.54, 1.807) is 22.8 Å². The summed E-state index contributed by atoms with van der Waals surface area (Å²) in [5.41, 5.74) is 2.74. The molecule has 0 bridgehead atoms. The van der Waals surface area contributed by atoms with Gasteiger partial charge in [-0.1, -0.05) is 13.0 Å². The van der Waals surface area contributed by atoms with Crippen LogP contribution in [0, 0.1) is 0 Å². The molecule has 3 N–H and O–H groups in total. The van der Waals surface area contributed by atoms with Crippen molar-refractivity contribution >= 4 is 23.3 Å². The minimum atomic E-state index is -0.537. The van der Waals surface area contributed by atoms with E-state index >= 15 is 0 Å². The second-order valence-electron chi connectivity index (χ2n) is 5.85. The zero-order valence-electron chi connectivity index (χ0n) is 15.2.